The molecule has 0 aliphatic carbocycles. The third-order valence-corrected chi connectivity index (χ3v) is 3.11. The molecule has 1 aromatic heterocycles. The van der Waals surface area contributed by atoms with E-state index in [2.05, 4.69) is 33.9 Å². The van der Waals surface area contributed by atoms with Crippen molar-refractivity contribution in [2.24, 2.45) is 5.92 Å². The number of anilines is 1. The van der Waals surface area contributed by atoms with Gasteiger partial charge in [0.2, 0.25) is 5.82 Å². The number of nitrogens with one attached hydrogen (secondary N) is 1. The summed E-state index contributed by atoms with van der Waals surface area (Å²) in [7, 11) is 1.28. The van der Waals surface area contributed by atoms with Gasteiger partial charge in [0, 0.05) is 12.7 Å². The van der Waals surface area contributed by atoms with Crippen LogP contribution in [0.3, 0.4) is 0 Å². The van der Waals surface area contributed by atoms with Crippen LogP contribution in [0.2, 0.25) is 0 Å². The third kappa shape index (κ3) is 4.48. The highest BCUT2D eigenvalue weighted by atomic mass is 16.5. The highest BCUT2D eigenvalue weighted by Crippen LogP contribution is 2.13. The molecular weight excluding hydrogens is 246 g/mol. The van der Waals surface area contributed by atoms with Crippen molar-refractivity contribution in [3.63, 3.8) is 0 Å². The van der Waals surface area contributed by atoms with E-state index >= 15 is 0 Å². The Morgan fingerprint density at radius 1 is 1.47 bits per heavy atom. The van der Waals surface area contributed by atoms with Gasteiger partial charge in [-0.25, -0.2) is 14.8 Å². The average molecular weight is 267 g/mol. The Hall–Kier alpha value is -1.69. The molecule has 0 saturated carbocycles. The van der Waals surface area contributed by atoms with Gasteiger partial charge in [0.15, 0.2) is 0 Å². The Morgan fingerprint density at radius 3 is 2.74 bits per heavy atom. The van der Waals surface area contributed by atoms with Gasteiger partial charge < -0.3 is 15.2 Å². The zero-order valence-electron chi connectivity index (χ0n) is 11.6. The number of aliphatic hydroxyl groups is 1. The smallest absolute Gasteiger partial charge is 0.376 e. The molecule has 0 amide bonds. The van der Waals surface area contributed by atoms with Crippen LogP contribution in [-0.2, 0) is 4.74 Å². The molecular formula is C13H21N3O3. The first-order valence-corrected chi connectivity index (χ1v) is 6.45. The van der Waals surface area contributed by atoms with Crippen molar-refractivity contribution in [1.82, 2.24) is 9.97 Å². The molecule has 6 heteroatoms. The summed E-state index contributed by atoms with van der Waals surface area (Å²) in [5, 5.41) is 13.0. The molecule has 106 valence electrons. The summed E-state index contributed by atoms with van der Waals surface area (Å²) in [6, 6.07) is 1.64. The number of hydrogen-bond acceptors (Lipinski definition) is 6. The van der Waals surface area contributed by atoms with Crippen LogP contribution >= 0.6 is 0 Å². The van der Waals surface area contributed by atoms with Crippen molar-refractivity contribution >= 4 is 11.8 Å². The molecule has 19 heavy (non-hydrogen) atoms. The first-order chi connectivity index (χ1) is 9.12. The normalized spacial score (nSPS) is 12.3. The maximum atomic E-state index is 11.3. The molecule has 0 bridgehead atoms. The molecule has 1 unspecified atom stereocenters. The van der Waals surface area contributed by atoms with Crippen LogP contribution in [0.5, 0.6) is 0 Å². The van der Waals surface area contributed by atoms with Gasteiger partial charge in [0.1, 0.15) is 5.82 Å². The first-order valence-electron chi connectivity index (χ1n) is 6.45. The molecule has 0 fully saturated rings. The minimum absolute atomic E-state index is 0.00419. The van der Waals surface area contributed by atoms with E-state index in [-0.39, 0.29) is 11.7 Å². The molecule has 0 radical (unpaired) electrons. The van der Waals surface area contributed by atoms with E-state index in [0.717, 1.165) is 12.8 Å². The van der Waals surface area contributed by atoms with Crippen molar-refractivity contribution in [3.05, 3.63) is 18.1 Å². The van der Waals surface area contributed by atoms with Crippen LogP contribution in [0.4, 0.5) is 5.82 Å². The Bertz CT molecular complexity index is 408. The van der Waals surface area contributed by atoms with E-state index < -0.39 is 12.1 Å². The van der Waals surface area contributed by atoms with Crippen molar-refractivity contribution in [3.8, 4) is 0 Å². The van der Waals surface area contributed by atoms with E-state index in [1.807, 2.05) is 0 Å². The lowest BCUT2D eigenvalue weighted by atomic mass is 9.97. The predicted molar refractivity (Wildman–Crippen MR) is 71.9 cm³/mol. The van der Waals surface area contributed by atoms with Crippen LogP contribution in [0.25, 0.3) is 0 Å². The molecule has 1 heterocycles. The van der Waals surface area contributed by atoms with Crippen LogP contribution in [0.15, 0.2) is 12.3 Å². The molecule has 2 N–H and O–H groups in total. The molecule has 6 nitrogen and oxygen atoms in total. The maximum absolute atomic E-state index is 11.3. The molecule has 0 aliphatic heterocycles. The Labute approximate surface area is 113 Å². The van der Waals surface area contributed by atoms with Crippen molar-refractivity contribution in [2.75, 3.05) is 19.0 Å². The number of carbonyl (C=O) groups is 1. The highest BCUT2D eigenvalue weighted by molar-refractivity contribution is 5.85. The van der Waals surface area contributed by atoms with Gasteiger partial charge in [0.25, 0.3) is 0 Å². The number of aromatic nitrogens is 2. The second-order valence-corrected chi connectivity index (χ2v) is 4.28. The van der Waals surface area contributed by atoms with Crippen molar-refractivity contribution in [2.45, 2.75) is 32.8 Å². The summed E-state index contributed by atoms with van der Waals surface area (Å²) in [4.78, 5) is 19.1. The number of carbonyl (C=O) groups excluding carboxylic acids is 1. The van der Waals surface area contributed by atoms with Gasteiger partial charge in [-0.15, -0.1) is 0 Å². The standard InChI is InChI=1S/C13H21N3O3/c1-4-9(5-2)10(17)8-15-11-6-7-14-12(16-11)13(18)19-3/h6-7,9-10,17H,4-5,8H2,1-3H3,(H,14,15,16). The number of methoxy groups -OCH3 is 1. The summed E-state index contributed by atoms with van der Waals surface area (Å²) < 4.78 is 4.55. The van der Waals surface area contributed by atoms with Gasteiger partial charge >= 0.3 is 5.97 Å². The zero-order valence-corrected chi connectivity index (χ0v) is 11.6. The number of esters is 1. The SMILES string of the molecule is CCC(CC)C(O)CNc1ccnc(C(=O)OC)n1. The maximum Gasteiger partial charge on any atom is 0.376 e. The molecule has 0 spiro atoms. The van der Waals surface area contributed by atoms with E-state index in [1.165, 1.54) is 13.3 Å². The Morgan fingerprint density at radius 2 is 2.16 bits per heavy atom. The molecule has 0 aliphatic rings. The largest absolute Gasteiger partial charge is 0.463 e. The van der Waals surface area contributed by atoms with Gasteiger partial charge in [-0.1, -0.05) is 26.7 Å². The highest BCUT2D eigenvalue weighted by Gasteiger charge is 2.15. The molecule has 1 atom stereocenters. The van der Waals surface area contributed by atoms with Crippen LogP contribution < -0.4 is 5.32 Å². The average Bonchev–Trinajstić information content (AvgIpc) is 2.45. The number of ether oxygens (including phenoxy) is 1. The summed E-state index contributed by atoms with van der Waals surface area (Å²) >= 11 is 0. The van der Waals surface area contributed by atoms with E-state index in [9.17, 15) is 9.90 Å². The summed E-state index contributed by atoms with van der Waals surface area (Å²) in [6.07, 6.45) is 2.89. The van der Waals surface area contributed by atoms with Crippen molar-refractivity contribution < 1.29 is 14.6 Å². The number of aliphatic hydroxyl groups excluding tert-OH is 1. The van der Waals surface area contributed by atoms with E-state index in [0.29, 0.717) is 12.4 Å². The van der Waals surface area contributed by atoms with E-state index in [1.54, 1.807) is 6.07 Å². The third-order valence-electron chi connectivity index (χ3n) is 3.11. The van der Waals surface area contributed by atoms with Crippen LogP contribution in [0.1, 0.15) is 37.3 Å². The van der Waals surface area contributed by atoms with Gasteiger partial charge in [-0.05, 0) is 12.0 Å². The second-order valence-electron chi connectivity index (χ2n) is 4.28. The fourth-order valence-corrected chi connectivity index (χ4v) is 1.86. The van der Waals surface area contributed by atoms with Gasteiger partial charge in [-0.2, -0.15) is 0 Å². The summed E-state index contributed by atoms with van der Waals surface area (Å²) in [5.41, 5.74) is 0. The number of hydrogen-bond donors (Lipinski definition) is 2. The van der Waals surface area contributed by atoms with Crippen LogP contribution in [0, 0.1) is 5.92 Å². The van der Waals surface area contributed by atoms with E-state index in [4.69, 9.17) is 0 Å². The summed E-state index contributed by atoms with van der Waals surface area (Å²) in [5.74, 6) is 0.184. The molecule has 0 aromatic carbocycles. The van der Waals surface area contributed by atoms with Gasteiger partial charge in [0.05, 0.1) is 13.2 Å². The molecule has 0 saturated heterocycles. The first kappa shape index (κ1) is 15.4. The van der Waals surface area contributed by atoms with Crippen LogP contribution in [-0.4, -0.2) is 40.8 Å². The topological polar surface area (TPSA) is 84.3 Å². The summed E-state index contributed by atoms with van der Waals surface area (Å²) in [6.45, 7) is 4.50. The fraction of sp³-hybridized carbons (Fsp3) is 0.615. The Balaban J connectivity index is 2.60. The van der Waals surface area contributed by atoms with Gasteiger partial charge in [-0.3, -0.25) is 0 Å². The zero-order chi connectivity index (χ0) is 14.3. The predicted octanol–water partition coefficient (Wildman–Crippen LogP) is 1.47. The fourth-order valence-electron chi connectivity index (χ4n) is 1.86. The lowest BCUT2D eigenvalue weighted by Gasteiger charge is -2.20. The quantitative estimate of drug-likeness (QED) is 0.728. The minimum Gasteiger partial charge on any atom is -0.463 e. The molecule has 1 rings (SSSR count). The second kappa shape index (κ2) is 7.68. The Kier molecular flexibility index (Phi) is 6.21. The van der Waals surface area contributed by atoms with Crippen molar-refractivity contribution in [1.29, 1.82) is 0 Å². The minimum atomic E-state index is -0.579. The molecule has 1 aromatic rings. The lowest BCUT2D eigenvalue weighted by molar-refractivity contribution is 0.0587. The monoisotopic (exact) mass is 267 g/mol. The number of rotatable bonds is 7. The number of nitrogens with zero attached hydrogens (tertiary/aromatic N) is 2. The lowest BCUT2D eigenvalue weighted by Crippen LogP contribution is -2.28.